The first-order valence-electron chi connectivity index (χ1n) is 6.41. The van der Waals surface area contributed by atoms with E-state index in [2.05, 4.69) is 29.6 Å². The van der Waals surface area contributed by atoms with E-state index in [0.717, 1.165) is 12.8 Å². The van der Waals surface area contributed by atoms with Crippen molar-refractivity contribution in [2.75, 3.05) is 19.1 Å². The van der Waals surface area contributed by atoms with Crippen LogP contribution in [0.15, 0.2) is 24.3 Å². The Morgan fingerprint density at radius 2 is 1.83 bits per heavy atom. The van der Waals surface area contributed by atoms with Gasteiger partial charge < -0.3 is 5.32 Å². The highest BCUT2D eigenvalue weighted by atomic mass is 32.2. The van der Waals surface area contributed by atoms with E-state index < -0.39 is 9.84 Å². The van der Waals surface area contributed by atoms with Crippen LogP contribution in [0.3, 0.4) is 0 Å². The molecular weight excluding hydrogens is 246 g/mol. The Morgan fingerprint density at radius 3 is 2.28 bits per heavy atom. The van der Waals surface area contributed by atoms with Gasteiger partial charge in [-0.3, -0.25) is 0 Å². The molecule has 0 spiro atoms. The zero-order valence-electron chi connectivity index (χ0n) is 11.0. The van der Waals surface area contributed by atoms with Crippen molar-refractivity contribution in [3.63, 3.8) is 0 Å². The van der Waals surface area contributed by atoms with Gasteiger partial charge in [0, 0.05) is 12.3 Å². The zero-order chi connectivity index (χ0) is 13.2. The van der Waals surface area contributed by atoms with Crippen LogP contribution in [0.5, 0.6) is 0 Å². The zero-order valence-corrected chi connectivity index (χ0v) is 11.8. The lowest BCUT2D eigenvalue weighted by molar-refractivity contribution is 0.376. The average Bonchev–Trinajstić information content (AvgIpc) is 2.71. The van der Waals surface area contributed by atoms with Gasteiger partial charge in [-0.05, 0) is 43.4 Å². The summed E-state index contributed by atoms with van der Waals surface area (Å²) in [7, 11) is -0.940. The van der Waals surface area contributed by atoms with E-state index in [9.17, 15) is 8.42 Å². The van der Waals surface area contributed by atoms with Crippen molar-refractivity contribution in [2.24, 2.45) is 5.92 Å². The van der Waals surface area contributed by atoms with Crippen molar-refractivity contribution < 1.29 is 8.42 Å². The molecule has 18 heavy (non-hydrogen) atoms. The molecular formula is C14H21NO2S. The number of hydrogen-bond acceptors (Lipinski definition) is 3. The lowest BCUT2D eigenvalue weighted by atomic mass is 9.95. The monoisotopic (exact) mass is 267 g/mol. The number of benzene rings is 1. The molecule has 1 unspecified atom stereocenters. The summed E-state index contributed by atoms with van der Waals surface area (Å²) in [5, 5.41) is 3.29. The first kappa shape index (κ1) is 13.6. The van der Waals surface area contributed by atoms with E-state index in [1.807, 2.05) is 7.05 Å². The molecule has 1 aromatic carbocycles. The van der Waals surface area contributed by atoms with E-state index in [4.69, 9.17) is 0 Å². The Bertz CT molecular complexity index is 485. The summed E-state index contributed by atoms with van der Waals surface area (Å²) in [6.45, 7) is 0. The Kier molecular flexibility index (Phi) is 4.07. The quantitative estimate of drug-likeness (QED) is 0.878. The van der Waals surface area contributed by atoms with Crippen LogP contribution in [0.25, 0.3) is 0 Å². The van der Waals surface area contributed by atoms with E-state index in [-0.39, 0.29) is 11.8 Å². The summed E-state index contributed by atoms with van der Waals surface area (Å²) >= 11 is 0. The van der Waals surface area contributed by atoms with Gasteiger partial charge in [0.1, 0.15) is 9.84 Å². The summed E-state index contributed by atoms with van der Waals surface area (Å²) in [5.74, 6) is 0.792. The molecule has 1 aliphatic carbocycles. The third-order valence-electron chi connectivity index (χ3n) is 3.82. The fraction of sp³-hybridized carbons (Fsp3) is 0.571. The van der Waals surface area contributed by atoms with Crippen LogP contribution in [-0.2, 0) is 22.7 Å². The van der Waals surface area contributed by atoms with Crippen molar-refractivity contribution in [1.82, 2.24) is 5.32 Å². The SMILES string of the molecule is CNC(CCS(C)(=O)=O)C1Cc2ccccc2C1. The van der Waals surface area contributed by atoms with Crippen molar-refractivity contribution in [3.8, 4) is 0 Å². The van der Waals surface area contributed by atoms with E-state index >= 15 is 0 Å². The fourth-order valence-electron chi connectivity index (χ4n) is 2.83. The molecule has 3 nitrogen and oxygen atoms in total. The molecule has 0 saturated carbocycles. The van der Waals surface area contributed by atoms with Gasteiger partial charge in [-0.2, -0.15) is 0 Å². The minimum absolute atomic E-state index is 0.269. The predicted octanol–water partition coefficient (Wildman–Crippen LogP) is 1.42. The first-order chi connectivity index (χ1) is 8.49. The van der Waals surface area contributed by atoms with Gasteiger partial charge in [0.15, 0.2) is 0 Å². The molecule has 4 heteroatoms. The Balaban J connectivity index is 2.00. The molecule has 0 heterocycles. The maximum Gasteiger partial charge on any atom is 0.147 e. The van der Waals surface area contributed by atoms with Gasteiger partial charge in [-0.1, -0.05) is 24.3 Å². The van der Waals surface area contributed by atoms with Gasteiger partial charge in [-0.15, -0.1) is 0 Å². The summed E-state index contributed by atoms with van der Waals surface area (Å²) in [5.41, 5.74) is 2.84. The molecule has 0 bridgehead atoms. The van der Waals surface area contributed by atoms with Gasteiger partial charge in [0.25, 0.3) is 0 Å². The Hall–Kier alpha value is -0.870. The third kappa shape index (κ3) is 3.33. The van der Waals surface area contributed by atoms with Crippen LogP contribution in [0, 0.1) is 5.92 Å². The summed E-state index contributed by atoms with van der Waals surface area (Å²) in [6, 6.07) is 8.79. The van der Waals surface area contributed by atoms with Gasteiger partial charge in [0.2, 0.25) is 0 Å². The predicted molar refractivity (Wildman–Crippen MR) is 74.5 cm³/mol. The highest BCUT2D eigenvalue weighted by molar-refractivity contribution is 7.90. The lowest BCUT2D eigenvalue weighted by Crippen LogP contribution is -2.35. The normalized spacial score (nSPS) is 17.7. The van der Waals surface area contributed by atoms with Gasteiger partial charge in [-0.25, -0.2) is 8.42 Å². The van der Waals surface area contributed by atoms with E-state index in [1.165, 1.54) is 17.4 Å². The van der Waals surface area contributed by atoms with Crippen LogP contribution in [0.4, 0.5) is 0 Å². The standard InChI is InChI=1S/C14H21NO2S/c1-15-14(7-8-18(2,16)17)13-9-11-5-3-4-6-12(11)10-13/h3-6,13-15H,7-10H2,1-2H3. The Morgan fingerprint density at radius 1 is 1.28 bits per heavy atom. The van der Waals surface area contributed by atoms with Crippen LogP contribution in [-0.4, -0.2) is 33.5 Å². The van der Waals surface area contributed by atoms with Gasteiger partial charge in [0.05, 0.1) is 5.75 Å². The minimum atomic E-state index is -2.87. The Labute approximate surface area is 110 Å². The molecule has 1 aromatic rings. The van der Waals surface area contributed by atoms with Crippen LogP contribution in [0.2, 0.25) is 0 Å². The molecule has 1 N–H and O–H groups in total. The second kappa shape index (κ2) is 5.41. The minimum Gasteiger partial charge on any atom is -0.317 e. The smallest absolute Gasteiger partial charge is 0.147 e. The second-order valence-electron chi connectivity index (χ2n) is 5.25. The highest BCUT2D eigenvalue weighted by Crippen LogP contribution is 2.29. The summed E-state index contributed by atoms with van der Waals surface area (Å²) < 4.78 is 22.5. The number of sulfone groups is 1. The highest BCUT2D eigenvalue weighted by Gasteiger charge is 2.27. The first-order valence-corrected chi connectivity index (χ1v) is 8.47. The van der Waals surface area contributed by atoms with Crippen LogP contribution >= 0.6 is 0 Å². The fourth-order valence-corrected chi connectivity index (χ4v) is 3.52. The maximum absolute atomic E-state index is 11.3. The van der Waals surface area contributed by atoms with Crippen LogP contribution < -0.4 is 5.32 Å². The molecule has 0 amide bonds. The second-order valence-corrected chi connectivity index (χ2v) is 7.51. The molecule has 2 rings (SSSR count). The number of nitrogens with one attached hydrogen (secondary N) is 1. The number of hydrogen-bond donors (Lipinski definition) is 1. The van der Waals surface area contributed by atoms with Gasteiger partial charge >= 0.3 is 0 Å². The van der Waals surface area contributed by atoms with Crippen molar-refractivity contribution in [3.05, 3.63) is 35.4 Å². The molecule has 1 aliphatic rings. The largest absolute Gasteiger partial charge is 0.317 e. The number of rotatable bonds is 5. The van der Waals surface area contributed by atoms with Crippen molar-refractivity contribution >= 4 is 9.84 Å². The summed E-state index contributed by atoms with van der Waals surface area (Å²) in [4.78, 5) is 0. The molecule has 0 fully saturated rings. The summed E-state index contributed by atoms with van der Waals surface area (Å²) in [6.07, 6.45) is 4.13. The molecule has 0 aromatic heterocycles. The topological polar surface area (TPSA) is 46.2 Å². The van der Waals surface area contributed by atoms with Crippen LogP contribution in [0.1, 0.15) is 17.5 Å². The maximum atomic E-state index is 11.3. The number of fused-ring (bicyclic) bond motifs is 1. The molecule has 100 valence electrons. The molecule has 0 saturated heterocycles. The molecule has 1 atom stereocenters. The van der Waals surface area contributed by atoms with E-state index in [0.29, 0.717) is 12.3 Å². The molecule has 0 radical (unpaired) electrons. The lowest BCUT2D eigenvalue weighted by Gasteiger charge is -2.22. The third-order valence-corrected chi connectivity index (χ3v) is 4.80. The van der Waals surface area contributed by atoms with E-state index in [1.54, 1.807) is 0 Å². The van der Waals surface area contributed by atoms with Crippen molar-refractivity contribution in [1.29, 1.82) is 0 Å². The van der Waals surface area contributed by atoms with Crippen molar-refractivity contribution in [2.45, 2.75) is 25.3 Å². The average molecular weight is 267 g/mol. The molecule has 0 aliphatic heterocycles.